The first-order chi connectivity index (χ1) is 9.90. The molecule has 1 saturated carbocycles. The lowest BCUT2D eigenvalue weighted by Crippen LogP contribution is -2.39. The zero-order chi connectivity index (χ0) is 15.6. The Labute approximate surface area is 122 Å². The minimum atomic E-state index is -0.474. The van der Waals surface area contributed by atoms with Crippen molar-refractivity contribution in [2.24, 2.45) is 0 Å². The van der Waals surface area contributed by atoms with E-state index in [4.69, 9.17) is 0 Å². The van der Waals surface area contributed by atoms with Crippen LogP contribution in [0.15, 0.2) is 18.2 Å². The van der Waals surface area contributed by atoms with Gasteiger partial charge in [0.2, 0.25) is 0 Å². The highest BCUT2D eigenvalue weighted by Gasteiger charge is 2.26. The number of ketones is 1. The van der Waals surface area contributed by atoms with Gasteiger partial charge < -0.3 is 4.90 Å². The van der Waals surface area contributed by atoms with Crippen LogP contribution in [0.2, 0.25) is 0 Å². The number of nitro benzene ring substituents is 1. The van der Waals surface area contributed by atoms with Crippen molar-refractivity contribution in [1.29, 1.82) is 0 Å². The second-order valence-corrected chi connectivity index (χ2v) is 5.44. The van der Waals surface area contributed by atoms with Crippen molar-refractivity contribution >= 4 is 17.4 Å². The molecule has 1 aliphatic carbocycles. The lowest BCUT2D eigenvalue weighted by atomic mass is 9.93. The van der Waals surface area contributed by atoms with Gasteiger partial charge >= 0.3 is 0 Å². The molecule has 1 aliphatic rings. The van der Waals surface area contributed by atoms with E-state index in [1.807, 2.05) is 0 Å². The summed E-state index contributed by atoms with van der Waals surface area (Å²) in [7, 11) is 1.73. The molecule has 0 aromatic heterocycles. The fraction of sp³-hybridized carbons (Fsp3) is 0.467. The van der Waals surface area contributed by atoms with E-state index in [1.54, 1.807) is 18.9 Å². The van der Waals surface area contributed by atoms with E-state index in [2.05, 4.69) is 0 Å². The smallest absolute Gasteiger partial charge is 0.269 e. The number of nitro groups is 1. The van der Waals surface area contributed by atoms with Gasteiger partial charge in [0.15, 0.2) is 0 Å². The first-order valence-electron chi connectivity index (χ1n) is 6.94. The van der Waals surface area contributed by atoms with Crippen LogP contribution in [0.3, 0.4) is 0 Å². The molecule has 0 heterocycles. The Morgan fingerprint density at radius 3 is 2.48 bits per heavy atom. The van der Waals surface area contributed by atoms with Gasteiger partial charge in [0.05, 0.1) is 4.92 Å². The molecule has 1 fully saturated rings. The van der Waals surface area contributed by atoms with E-state index in [-0.39, 0.29) is 23.4 Å². The SMILES string of the molecule is Cc1cc([N+](=O)[O-])ccc1C(=O)N(C)C1CCC(=O)CC1. The second-order valence-electron chi connectivity index (χ2n) is 5.44. The molecule has 0 N–H and O–H groups in total. The molecule has 0 bridgehead atoms. The molecule has 0 spiro atoms. The van der Waals surface area contributed by atoms with Crippen LogP contribution in [0, 0.1) is 17.0 Å². The fourth-order valence-corrected chi connectivity index (χ4v) is 2.67. The third-order valence-electron chi connectivity index (χ3n) is 4.03. The van der Waals surface area contributed by atoms with Crippen LogP contribution >= 0.6 is 0 Å². The number of Topliss-reactive ketones (excluding diaryl/α,β-unsaturated/α-hetero) is 1. The van der Waals surface area contributed by atoms with Crippen LogP contribution in [-0.2, 0) is 4.79 Å². The van der Waals surface area contributed by atoms with E-state index >= 15 is 0 Å². The molecule has 0 aliphatic heterocycles. The molecule has 0 radical (unpaired) electrons. The largest absolute Gasteiger partial charge is 0.339 e. The normalized spacial score (nSPS) is 15.8. The summed E-state index contributed by atoms with van der Waals surface area (Å²) in [6, 6.07) is 4.31. The molecule has 0 saturated heterocycles. The summed E-state index contributed by atoms with van der Waals surface area (Å²) in [5, 5.41) is 10.7. The van der Waals surface area contributed by atoms with Crippen molar-refractivity contribution in [3.8, 4) is 0 Å². The van der Waals surface area contributed by atoms with Gasteiger partial charge in [-0.05, 0) is 31.4 Å². The van der Waals surface area contributed by atoms with Crippen LogP contribution in [0.25, 0.3) is 0 Å². The maximum Gasteiger partial charge on any atom is 0.269 e. The highest BCUT2D eigenvalue weighted by atomic mass is 16.6. The molecule has 6 nitrogen and oxygen atoms in total. The van der Waals surface area contributed by atoms with Gasteiger partial charge in [0.1, 0.15) is 5.78 Å². The van der Waals surface area contributed by atoms with Crippen molar-refractivity contribution in [3.05, 3.63) is 39.4 Å². The average molecular weight is 290 g/mol. The molecule has 6 heteroatoms. The quantitative estimate of drug-likeness (QED) is 0.632. The zero-order valence-electron chi connectivity index (χ0n) is 12.2. The number of nitrogens with zero attached hydrogens (tertiary/aromatic N) is 2. The van der Waals surface area contributed by atoms with Crippen molar-refractivity contribution < 1.29 is 14.5 Å². The van der Waals surface area contributed by atoms with Gasteiger partial charge in [-0.3, -0.25) is 19.7 Å². The Bertz CT molecular complexity index is 587. The second kappa shape index (κ2) is 6.03. The molecule has 112 valence electrons. The Morgan fingerprint density at radius 1 is 1.33 bits per heavy atom. The van der Waals surface area contributed by atoms with Gasteiger partial charge in [-0.15, -0.1) is 0 Å². The summed E-state index contributed by atoms with van der Waals surface area (Å²) in [5.74, 6) is 0.0976. The number of hydrogen-bond acceptors (Lipinski definition) is 4. The summed E-state index contributed by atoms with van der Waals surface area (Å²) in [6.45, 7) is 1.69. The highest BCUT2D eigenvalue weighted by molar-refractivity contribution is 5.96. The molecule has 1 aromatic rings. The van der Waals surface area contributed by atoms with Crippen molar-refractivity contribution in [1.82, 2.24) is 4.90 Å². The topological polar surface area (TPSA) is 80.5 Å². The summed E-state index contributed by atoms with van der Waals surface area (Å²) >= 11 is 0. The highest BCUT2D eigenvalue weighted by Crippen LogP contribution is 2.23. The lowest BCUT2D eigenvalue weighted by molar-refractivity contribution is -0.384. The molecular weight excluding hydrogens is 272 g/mol. The minimum absolute atomic E-state index is 0.0185. The third-order valence-corrected chi connectivity index (χ3v) is 4.03. The standard InChI is InChI=1S/C15H18N2O4/c1-10-9-12(17(20)21)5-8-14(10)15(19)16(2)11-3-6-13(18)7-4-11/h5,8-9,11H,3-4,6-7H2,1-2H3. The van der Waals surface area contributed by atoms with E-state index in [1.165, 1.54) is 18.2 Å². The van der Waals surface area contributed by atoms with Gasteiger partial charge in [0, 0.05) is 43.6 Å². The van der Waals surface area contributed by atoms with E-state index < -0.39 is 4.92 Å². The predicted octanol–water partition coefficient (Wildman–Crippen LogP) is 2.49. The average Bonchev–Trinajstić information content (AvgIpc) is 2.46. The van der Waals surface area contributed by atoms with Crippen molar-refractivity contribution in [2.45, 2.75) is 38.6 Å². The van der Waals surface area contributed by atoms with Crippen LogP contribution < -0.4 is 0 Å². The fourth-order valence-electron chi connectivity index (χ4n) is 2.67. The molecule has 21 heavy (non-hydrogen) atoms. The summed E-state index contributed by atoms with van der Waals surface area (Å²) in [4.78, 5) is 35.7. The third kappa shape index (κ3) is 3.26. The van der Waals surface area contributed by atoms with Crippen LogP contribution in [0.1, 0.15) is 41.6 Å². The predicted molar refractivity (Wildman–Crippen MR) is 77.2 cm³/mol. The van der Waals surface area contributed by atoms with Gasteiger partial charge in [-0.25, -0.2) is 0 Å². The molecule has 1 aromatic carbocycles. The van der Waals surface area contributed by atoms with Crippen molar-refractivity contribution in [2.75, 3.05) is 7.05 Å². The Balaban J connectivity index is 2.15. The monoisotopic (exact) mass is 290 g/mol. The van der Waals surface area contributed by atoms with Crippen molar-refractivity contribution in [3.63, 3.8) is 0 Å². The maximum absolute atomic E-state index is 12.5. The number of benzene rings is 1. The number of hydrogen-bond donors (Lipinski definition) is 0. The zero-order valence-corrected chi connectivity index (χ0v) is 12.2. The number of rotatable bonds is 3. The first kappa shape index (κ1) is 15.2. The van der Waals surface area contributed by atoms with Crippen LogP contribution in [-0.4, -0.2) is 34.6 Å². The van der Waals surface area contributed by atoms with Crippen LogP contribution in [0.4, 0.5) is 5.69 Å². The Hall–Kier alpha value is -2.24. The number of non-ortho nitro benzene ring substituents is 1. The molecule has 2 rings (SSSR count). The van der Waals surface area contributed by atoms with E-state index in [9.17, 15) is 19.7 Å². The molecular formula is C15H18N2O4. The summed E-state index contributed by atoms with van der Waals surface area (Å²) in [5.41, 5.74) is 1.04. The van der Waals surface area contributed by atoms with E-state index in [0.29, 0.717) is 36.8 Å². The summed E-state index contributed by atoms with van der Waals surface area (Å²) in [6.07, 6.45) is 2.41. The maximum atomic E-state index is 12.5. The lowest BCUT2D eigenvalue weighted by Gasteiger charge is -2.31. The first-order valence-corrected chi connectivity index (χ1v) is 6.94. The summed E-state index contributed by atoms with van der Waals surface area (Å²) < 4.78 is 0. The van der Waals surface area contributed by atoms with Gasteiger partial charge in [-0.2, -0.15) is 0 Å². The molecule has 1 amide bonds. The van der Waals surface area contributed by atoms with Gasteiger partial charge in [-0.1, -0.05) is 0 Å². The number of carbonyl (C=O) groups excluding carboxylic acids is 2. The number of amides is 1. The number of aryl methyl sites for hydroxylation is 1. The van der Waals surface area contributed by atoms with E-state index in [0.717, 1.165) is 0 Å². The number of carbonyl (C=O) groups is 2. The Morgan fingerprint density at radius 2 is 1.95 bits per heavy atom. The minimum Gasteiger partial charge on any atom is -0.339 e. The molecule has 0 unspecified atom stereocenters. The Kier molecular flexibility index (Phi) is 4.35. The van der Waals surface area contributed by atoms with Crippen LogP contribution in [0.5, 0.6) is 0 Å². The molecule has 0 atom stereocenters. The van der Waals surface area contributed by atoms with Gasteiger partial charge in [0.25, 0.3) is 11.6 Å².